The van der Waals surface area contributed by atoms with Gasteiger partial charge in [0.2, 0.25) is 0 Å². The molecule has 0 bridgehead atoms. The molecule has 1 N–H and O–H groups in total. The number of likely N-dealkylation sites (tertiary alicyclic amines) is 1. The predicted molar refractivity (Wildman–Crippen MR) is 78.4 cm³/mol. The third-order valence-corrected chi connectivity index (χ3v) is 5.57. The van der Waals surface area contributed by atoms with E-state index in [0.29, 0.717) is 6.04 Å². The lowest BCUT2D eigenvalue weighted by Crippen LogP contribution is -2.50. The average Bonchev–Trinajstić information content (AvgIpc) is 2.86. The molecule has 0 amide bonds. The molecule has 2 saturated heterocycles. The van der Waals surface area contributed by atoms with Crippen molar-refractivity contribution in [3.63, 3.8) is 0 Å². The largest absolute Gasteiger partial charge is 0.375 e. The molecule has 2 atom stereocenters. The van der Waals surface area contributed by atoms with Gasteiger partial charge >= 0.3 is 0 Å². The van der Waals surface area contributed by atoms with Crippen molar-refractivity contribution in [2.75, 3.05) is 26.7 Å². The number of nitrogens with zero attached hydrogens (tertiary/aromatic N) is 1. The minimum Gasteiger partial charge on any atom is -0.375 e. The summed E-state index contributed by atoms with van der Waals surface area (Å²) in [7, 11) is 2.29. The molecule has 0 aromatic heterocycles. The Labute approximate surface area is 118 Å². The quantitative estimate of drug-likeness (QED) is 0.849. The highest BCUT2D eigenvalue weighted by molar-refractivity contribution is 4.94. The minimum atomic E-state index is 0.258. The van der Waals surface area contributed by atoms with Crippen molar-refractivity contribution in [1.29, 1.82) is 0 Å². The molecule has 1 aliphatic carbocycles. The van der Waals surface area contributed by atoms with E-state index in [-0.39, 0.29) is 5.60 Å². The van der Waals surface area contributed by atoms with Crippen LogP contribution in [-0.2, 0) is 4.74 Å². The molecule has 3 heteroatoms. The van der Waals surface area contributed by atoms with E-state index in [9.17, 15) is 0 Å². The van der Waals surface area contributed by atoms with Crippen LogP contribution in [-0.4, -0.2) is 49.3 Å². The van der Waals surface area contributed by atoms with Crippen LogP contribution in [0.3, 0.4) is 0 Å². The fourth-order valence-electron chi connectivity index (χ4n) is 4.27. The van der Waals surface area contributed by atoms with Crippen LogP contribution in [0.5, 0.6) is 0 Å². The van der Waals surface area contributed by atoms with E-state index in [2.05, 4.69) is 17.3 Å². The maximum Gasteiger partial charge on any atom is 0.0697 e. The number of nitrogens with one attached hydrogen (secondary N) is 1. The summed E-state index contributed by atoms with van der Waals surface area (Å²) in [4.78, 5) is 2.54. The molecule has 3 fully saturated rings. The highest BCUT2D eigenvalue weighted by Gasteiger charge is 2.39. The third kappa shape index (κ3) is 3.32. The lowest BCUT2D eigenvalue weighted by Gasteiger charge is -2.40. The monoisotopic (exact) mass is 266 g/mol. The Kier molecular flexibility index (Phi) is 4.45. The van der Waals surface area contributed by atoms with Gasteiger partial charge in [0, 0.05) is 25.2 Å². The molecule has 0 aromatic carbocycles. The van der Waals surface area contributed by atoms with Crippen LogP contribution in [0.4, 0.5) is 0 Å². The Bertz CT molecular complexity index is 288. The fourth-order valence-corrected chi connectivity index (χ4v) is 4.27. The molecule has 1 saturated carbocycles. The molecule has 2 unspecified atom stereocenters. The maximum atomic E-state index is 6.12. The van der Waals surface area contributed by atoms with Crippen molar-refractivity contribution < 1.29 is 4.74 Å². The van der Waals surface area contributed by atoms with Gasteiger partial charge in [-0.3, -0.25) is 0 Å². The van der Waals surface area contributed by atoms with Gasteiger partial charge in [-0.25, -0.2) is 0 Å². The SMILES string of the molecule is CN1CCCCC1CNC1CCOC2(CCCC2)C1. The number of piperidine rings is 1. The van der Waals surface area contributed by atoms with Gasteiger partial charge in [0.1, 0.15) is 0 Å². The molecule has 0 radical (unpaired) electrons. The van der Waals surface area contributed by atoms with Gasteiger partial charge in [0.25, 0.3) is 0 Å². The summed E-state index contributed by atoms with van der Waals surface area (Å²) in [6.07, 6.45) is 12.0. The van der Waals surface area contributed by atoms with Gasteiger partial charge in [0.15, 0.2) is 0 Å². The van der Waals surface area contributed by atoms with Crippen molar-refractivity contribution in [3.8, 4) is 0 Å². The number of hydrogen-bond acceptors (Lipinski definition) is 3. The minimum absolute atomic E-state index is 0.258. The van der Waals surface area contributed by atoms with E-state index >= 15 is 0 Å². The first-order chi connectivity index (χ1) is 9.27. The Hall–Kier alpha value is -0.120. The van der Waals surface area contributed by atoms with Crippen LogP contribution in [0.15, 0.2) is 0 Å². The van der Waals surface area contributed by atoms with Gasteiger partial charge in [0.05, 0.1) is 5.60 Å². The molecule has 110 valence electrons. The standard InChI is InChI=1S/C16H30N2O/c1-18-10-5-2-6-15(18)13-17-14-7-11-19-16(12-14)8-3-4-9-16/h14-15,17H,2-13H2,1H3. The van der Waals surface area contributed by atoms with E-state index in [0.717, 1.165) is 12.6 Å². The summed E-state index contributed by atoms with van der Waals surface area (Å²) in [5, 5.41) is 3.85. The van der Waals surface area contributed by atoms with Crippen molar-refractivity contribution in [1.82, 2.24) is 10.2 Å². The van der Waals surface area contributed by atoms with E-state index in [1.165, 1.54) is 70.9 Å². The number of likely N-dealkylation sites (N-methyl/N-ethyl adjacent to an activating group) is 1. The zero-order valence-electron chi connectivity index (χ0n) is 12.5. The van der Waals surface area contributed by atoms with Crippen molar-refractivity contribution >= 4 is 0 Å². The molecule has 19 heavy (non-hydrogen) atoms. The second kappa shape index (κ2) is 6.11. The Morgan fingerprint density at radius 1 is 1.16 bits per heavy atom. The molecule has 2 aliphatic heterocycles. The third-order valence-electron chi connectivity index (χ3n) is 5.57. The van der Waals surface area contributed by atoms with Crippen LogP contribution < -0.4 is 5.32 Å². The van der Waals surface area contributed by atoms with Crippen LogP contribution in [0.2, 0.25) is 0 Å². The lowest BCUT2D eigenvalue weighted by atomic mass is 9.88. The Morgan fingerprint density at radius 3 is 2.79 bits per heavy atom. The van der Waals surface area contributed by atoms with E-state index in [1.54, 1.807) is 0 Å². The van der Waals surface area contributed by atoms with E-state index in [4.69, 9.17) is 4.74 Å². The number of ether oxygens (including phenoxy) is 1. The van der Waals surface area contributed by atoms with Gasteiger partial charge < -0.3 is 15.0 Å². The van der Waals surface area contributed by atoms with E-state index < -0.39 is 0 Å². The summed E-state index contributed by atoms with van der Waals surface area (Å²) >= 11 is 0. The van der Waals surface area contributed by atoms with Gasteiger partial charge in [-0.05, 0) is 52.1 Å². The van der Waals surface area contributed by atoms with Crippen LogP contribution >= 0.6 is 0 Å². The normalized spacial score (nSPS) is 35.8. The highest BCUT2D eigenvalue weighted by Crippen LogP contribution is 2.39. The first kappa shape index (κ1) is 13.8. The molecular formula is C16H30N2O. The van der Waals surface area contributed by atoms with E-state index in [1.807, 2.05) is 0 Å². The lowest BCUT2D eigenvalue weighted by molar-refractivity contribution is -0.0841. The van der Waals surface area contributed by atoms with Crippen molar-refractivity contribution in [2.45, 2.75) is 75.5 Å². The first-order valence-electron chi connectivity index (χ1n) is 8.35. The maximum absolute atomic E-state index is 6.12. The first-order valence-corrected chi connectivity index (χ1v) is 8.35. The van der Waals surface area contributed by atoms with Crippen LogP contribution in [0.1, 0.15) is 57.8 Å². The topological polar surface area (TPSA) is 24.5 Å². The average molecular weight is 266 g/mol. The molecule has 2 heterocycles. The summed E-state index contributed by atoms with van der Waals surface area (Å²) in [6, 6.07) is 1.46. The molecular weight excluding hydrogens is 236 g/mol. The number of rotatable bonds is 3. The fraction of sp³-hybridized carbons (Fsp3) is 1.00. The zero-order valence-corrected chi connectivity index (χ0v) is 12.5. The summed E-state index contributed by atoms with van der Waals surface area (Å²) < 4.78 is 6.12. The summed E-state index contributed by atoms with van der Waals surface area (Å²) in [5.41, 5.74) is 0.258. The second-order valence-electron chi connectivity index (χ2n) is 6.97. The molecule has 3 rings (SSSR count). The van der Waals surface area contributed by atoms with Crippen molar-refractivity contribution in [2.24, 2.45) is 0 Å². The van der Waals surface area contributed by atoms with Crippen molar-refractivity contribution in [3.05, 3.63) is 0 Å². The van der Waals surface area contributed by atoms with Gasteiger partial charge in [-0.2, -0.15) is 0 Å². The smallest absolute Gasteiger partial charge is 0.0697 e. The van der Waals surface area contributed by atoms with Crippen LogP contribution in [0.25, 0.3) is 0 Å². The molecule has 3 nitrogen and oxygen atoms in total. The summed E-state index contributed by atoms with van der Waals surface area (Å²) in [5.74, 6) is 0. The van der Waals surface area contributed by atoms with Gasteiger partial charge in [-0.1, -0.05) is 19.3 Å². The molecule has 1 spiro atoms. The number of hydrogen-bond donors (Lipinski definition) is 1. The molecule has 3 aliphatic rings. The zero-order chi connectivity index (χ0) is 13.1. The highest BCUT2D eigenvalue weighted by atomic mass is 16.5. The summed E-state index contributed by atoms with van der Waals surface area (Å²) in [6.45, 7) is 3.43. The van der Waals surface area contributed by atoms with Crippen LogP contribution in [0, 0.1) is 0 Å². The Morgan fingerprint density at radius 2 is 2.00 bits per heavy atom. The molecule has 0 aromatic rings. The van der Waals surface area contributed by atoms with Gasteiger partial charge in [-0.15, -0.1) is 0 Å². The Balaban J connectivity index is 1.47. The second-order valence-corrected chi connectivity index (χ2v) is 6.97. The predicted octanol–water partition coefficient (Wildman–Crippen LogP) is 2.55.